The van der Waals surface area contributed by atoms with Crippen LogP contribution in [0.2, 0.25) is 5.02 Å². The number of pyridine rings is 1. The Labute approximate surface area is 194 Å². The second-order valence-corrected chi connectivity index (χ2v) is 8.60. The van der Waals surface area contributed by atoms with Crippen LogP contribution in [0.1, 0.15) is 41.8 Å². The van der Waals surface area contributed by atoms with Crippen LogP contribution in [0.15, 0.2) is 48.7 Å². The van der Waals surface area contributed by atoms with Crippen molar-refractivity contribution in [2.45, 2.75) is 31.8 Å². The Balaban J connectivity index is 1.78. The summed E-state index contributed by atoms with van der Waals surface area (Å²) in [5, 5.41) is 20.0. The molecule has 0 saturated carbocycles. The highest BCUT2D eigenvalue weighted by molar-refractivity contribution is 6.36. The van der Waals surface area contributed by atoms with E-state index in [1.54, 1.807) is 44.3 Å². The first-order chi connectivity index (χ1) is 15.5. The molecule has 33 heavy (non-hydrogen) atoms. The first-order valence-electron chi connectivity index (χ1n) is 10.2. The normalized spacial score (nSPS) is 13.8. The fourth-order valence-corrected chi connectivity index (χ4v) is 4.16. The minimum atomic E-state index is -2.91. The second-order valence-electron chi connectivity index (χ2n) is 8.22. The number of hydrogen-bond acceptors (Lipinski definition) is 5. The molecule has 172 valence electrons. The van der Waals surface area contributed by atoms with Crippen molar-refractivity contribution in [3.63, 3.8) is 0 Å². The highest BCUT2D eigenvalue weighted by Crippen LogP contribution is 2.37. The number of aryl methyl sites for hydroxylation is 1. The molecule has 0 radical (unpaired) electrons. The van der Waals surface area contributed by atoms with E-state index in [1.165, 1.54) is 30.1 Å². The van der Waals surface area contributed by atoms with Crippen LogP contribution in [0.25, 0.3) is 10.9 Å². The Morgan fingerprint density at radius 1 is 1.09 bits per heavy atom. The molecule has 0 bridgehead atoms. The lowest BCUT2D eigenvalue weighted by atomic mass is 9.91. The zero-order chi connectivity index (χ0) is 24.0. The molecule has 0 saturated heterocycles. The molecule has 1 unspecified atom stereocenters. The topological polar surface area (TPSA) is 73.1 Å². The fourth-order valence-electron chi connectivity index (χ4n) is 3.87. The maximum atomic E-state index is 13.6. The van der Waals surface area contributed by atoms with E-state index in [1.807, 2.05) is 0 Å². The quantitative estimate of drug-likeness (QED) is 0.428. The lowest BCUT2D eigenvalue weighted by Crippen LogP contribution is -2.26. The number of rotatable bonds is 6. The van der Waals surface area contributed by atoms with Gasteiger partial charge in [-0.25, -0.2) is 18.4 Å². The number of fused-ring (bicyclic) bond motifs is 1. The standard InChI is InChI=1S/C24H23ClF2N4O2/c1-23(32,20-13-28-30-31(20)3)16-9-10-19-17(12-16)21(25)18(22(29-19)33-4)11-14-5-7-15(8-6-14)24(2,26)27/h5-10,12-13,32H,11H2,1-4H3. The number of aliphatic hydroxyl groups is 1. The molecular weight excluding hydrogens is 450 g/mol. The van der Waals surface area contributed by atoms with E-state index >= 15 is 0 Å². The summed E-state index contributed by atoms with van der Waals surface area (Å²) in [7, 11) is 3.21. The smallest absolute Gasteiger partial charge is 0.270 e. The predicted molar refractivity (Wildman–Crippen MR) is 122 cm³/mol. The number of nitrogens with zero attached hydrogens (tertiary/aromatic N) is 4. The highest BCUT2D eigenvalue weighted by atomic mass is 35.5. The van der Waals surface area contributed by atoms with Crippen molar-refractivity contribution < 1.29 is 18.6 Å². The van der Waals surface area contributed by atoms with Crippen LogP contribution in [-0.4, -0.2) is 32.2 Å². The van der Waals surface area contributed by atoms with Crippen molar-refractivity contribution in [2.24, 2.45) is 7.05 Å². The molecule has 0 aliphatic rings. The van der Waals surface area contributed by atoms with Crippen molar-refractivity contribution in [1.82, 2.24) is 20.0 Å². The van der Waals surface area contributed by atoms with E-state index in [9.17, 15) is 13.9 Å². The molecule has 1 N–H and O–H groups in total. The lowest BCUT2D eigenvalue weighted by Gasteiger charge is -2.24. The molecule has 0 amide bonds. The van der Waals surface area contributed by atoms with Gasteiger partial charge in [0.25, 0.3) is 5.92 Å². The van der Waals surface area contributed by atoms with Crippen molar-refractivity contribution in [2.75, 3.05) is 7.11 Å². The summed E-state index contributed by atoms with van der Waals surface area (Å²) in [4.78, 5) is 4.57. The lowest BCUT2D eigenvalue weighted by molar-refractivity contribution is 0.0174. The van der Waals surface area contributed by atoms with Gasteiger partial charge in [0, 0.05) is 36.9 Å². The zero-order valence-electron chi connectivity index (χ0n) is 18.6. The van der Waals surface area contributed by atoms with E-state index in [-0.39, 0.29) is 5.56 Å². The van der Waals surface area contributed by atoms with Crippen LogP contribution in [0, 0.1) is 0 Å². The number of aromatic nitrogens is 4. The number of ether oxygens (including phenoxy) is 1. The van der Waals surface area contributed by atoms with Crippen molar-refractivity contribution >= 4 is 22.5 Å². The number of alkyl halides is 2. The maximum Gasteiger partial charge on any atom is 0.270 e. The van der Waals surface area contributed by atoms with E-state index in [2.05, 4.69) is 15.3 Å². The second kappa shape index (κ2) is 8.35. The van der Waals surface area contributed by atoms with Crippen molar-refractivity contribution in [3.05, 3.63) is 81.6 Å². The van der Waals surface area contributed by atoms with Gasteiger partial charge in [-0.3, -0.25) is 0 Å². The van der Waals surface area contributed by atoms with Crippen LogP contribution in [0.5, 0.6) is 5.88 Å². The number of halogens is 3. The van der Waals surface area contributed by atoms with Gasteiger partial charge in [0.2, 0.25) is 5.88 Å². The molecule has 0 spiro atoms. The van der Waals surface area contributed by atoms with E-state index in [0.717, 1.165) is 12.5 Å². The monoisotopic (exact) mass is 472 g/mol. The summed E-state index contributed by atoms with van der Waals surface area (Å²) in [5.74, 6) is -2.55. The van der Waals surface area contributed by atoms with Gasteiger partial charge in [-0.2, -0.15) is 0 Å². The maximum absolute atomic E-state index is 13.6. The third-order valence-corrected chi connectivity index (χ3v) is 6.22. The average molecular weight is 473 g/mol. The van der Waals surface area contributed by atoms with Crippen molar-refractivity contribution in [3.8, 4) is 5.88 Å². The van der Waals surface area contributed by atoms with Gasteiger partial charge in [0.15, 0.2) is 0 Å². The zero-order valence-corrected chi connectivity index (χ0v) is 19.4. The Kier molecular flexibility index (Phi) is 5.84. The minimum Gasteiger partial charge on any atom is -0.481 e. The molecular formula is C24H23ClF2N4O2. The van der Waals surface area contributed by atoms with Gasteiger partial charge in [-0.15, -0.1) is 5.10 Å². The molecule has 2 heterocycles. The van der Waals surface area contributed by atoms with Crippen LogP contribution in [0.4, 0.5) is 8.78 Å². The van der Waals surface area contributed by atoms with E-state index < -0.39 is 11.5 Å². The SMILES string of the molecule is COc1nc2ccc(C(C)(O)c3cnnn3C)cc2c(Cl)c1Cc1ccc(C(C)(F)F)cc1. The van der Waals surface area contributed by atoms with Crippen LogP contribution in [-0.2, 0) is 25.0 Å². The third kappa shape index (κ3) is 4.28. The summed E-state index contributed by atoms with van der Waals surface area (Å²) in [6, 6.07) is 11.4. The summed E-state index contributed by atoms with van der Waals surface area (Å²) in [5.41, 5.74) is 1.70. The van der Waals surface area contributed by atoms with Crippen molar-refractivity contribution in [1.29, 1.82) is 0 Å². The number of methoxy groups -OCH3 is 1. The molecule has 4 aromatic rings. The largest absolute Gasteiger partial charge is 0.481 e. The number of benzene rings is 2. The Morgan fingerprint density at radius 2 is 1.76 bits per heavy atom. The highest BCUT2D eigenvalue weighted by Gasteiger charge is 2.30. The molecule has 0 aliphatic carbocycles. The van der Waals surface area contributed by atoms with Gasteiger partial charge in [0.05, 0.1) is 29.5 Å². The Morgan fingerprint density at radius 3 is 2.33 bits per heavy atom. The van der Waals surface area contributed by atoms with E-state index in [4.69, 9.17) is 16.3 Å². The van der Waals surface area contributed by atoms with Gasteiger partial charge in [0.1, 0.15) is 5.60 Å². The molecule has 1 atom stereocenters. The van der Waals surface area contributed by atoms with Gasteiger partial charge in [-0.05, 0) is 30.2 Å². The molecule has 9 heteroatoms. The Bertz CT molecular complexity index is 1310. The minimum absolute atomic E-state index is 0.0579. The molecule has 0 aliphatic heterocycles. The fraction of sp³-hybridized carbons (Fsp3) is 0.292. The van der Waals surface area contributed by atoms with E-state index in [0.29, 0.717) is 45.0 Å². The predicted octanol–water partition coefficient (Wildman–Crippen LogP) is 4.98. The molecule has 0 fully saturated rings. The van der Waals surface area contributed by atoms with Crippen LogP contribution in [0.3, 0.4) is 0 Å². The average Bonchev–Trinajstić information content (AvgIpc) is 3.21. The van der Waals surface area contributed by atoms with Crippen LogP contribution >= 0.6 is 11.6 Å². The molecule has 6 nitrogen and oxygen atoms in total. The summed E-state index contributed by atoms with van der Waals surface area (Å²) in [6.07, 6.45) is 1.85. The summed E-state index contributed by atoms with van der Waals surface area (Å²) in [6.45, 7) is 2.52. The summed E-state index contributed by atoms with van der Waals surface area (Å²) >= 11 is 6.81. The summed E-state index contributed by atoms with van der Waals surface area (Å²) < 4.78 is 34.1. The first-order valence-corrected chi connectivity index (χ1v) is 10.6. The van der Waals surface area contributed by atoms with Gasteiger partial charge < -0.3 is 9.84 Å². The van der Waals surface area contributed by atoms with Gasteiger partial charge >= 0.3 is 0 Å². The van der Waals surface area contributed by atoms with Crippen LogP contribution < -0.4 is 4.74 Å². The molecule has 4 rings (SSSR count). The number of hydrogen-bond donors (Lipinski definition) is 1. The molecule has 2 aromatic carbocycles. The first kappa shape index (κ1) is 23.1. The Hall–Kier alpha value is -3.10. The van der Waals surface area contributed by atoms with Gasteiger partial charge in [-0.1, -0.05) is 47.1 Å². The third-order valence-electron chi connectivity index (χ3n) is 5.79. The molecule has 2 aromatic heterocycles.